The lowest BCUT2D eigenvalue weighted by atomic mass is 10.2. The zero-order valence-electron chi connectivity index (χ0n) is 13.6. The molecule has 0 saturated carbocycles. The fourth-order valence-corrected chi connectivity index (χ4v) is 2.09. The van der Waals surface area contributed by atoms with Crippen molar-refractivity contribution in [2.24, 2.45) is 0 Å². The number of esters is 2. The van der Waals surface area contributed by atoms with Gasteiger partial charge in [-0.25, -0.2) is 4.79 Å². The van der Waals surface area contributed by atoms with Crippen molar-refractivity contribution in [3.63, 3.8) is 0 Å². The Morgan fingerprint density at radius 3 is 2.71 bits per heavy atom. The molecule has 0 aliphatic carbocycles. The van der Waals surface area contributed by atoms with Gasteiger partial charge in [0.2, 0.25) is 12.0 Å². The van der Waals surface area contributed by atoms with Crippen molar-refractivity contribution < 1.29 is 28.5 Å². The van der Waals surface area contributed by atoms with Gasteiger partial charge < -0.3 is 18.9 Å². The van der Waals surface area contributed by atoms with Crippen molar-refractivity contribution in [3.8, 4) is 0 Å². The van der Waals surface area contributed by atoms with Crippen LogP contribution in [0.25, 0.3) is 6.08 Å². The number of rotatable bonds is 6. The van der Waals surface area contributed by atoms with E-state index in [1.165, 1.54) is 14.0 Å². The lowest BCUT2D eigenvalue weighted by Crippen LogP contribution is -2.31. The zero-order chi connectivity index (χ0) is 17.4. The Morgan fingerprint density at radius 1 is 1.29 bits per heavy atom. The summed E-state index contributed by atoms with van der Waals surface area (Å²) < 4.78 is 21.0. The highest BCUT2D eigenvalue weighted by Crippen LogP contribution is 2.19. The van der Waals surface area contributed by atoms with Crippen LogP contribution in [-0.2, 0) is 28.5 Å². The molecule has 1 aliphatic rings. The average molecular weight is 332 g/mol. The minimum atomic E-state index is -0.662. The standard InChI is InChI=1S/C18H20O6/c1-13(19)22-12-15-9-6-10-17(23-15)24-16(18(20)21-2)11-14-7-4-3-5-8-14/h3-9,11,15,17H,10,12H2,1-2H3/t15-,17+/m1/s1. The summed E-state index contributed by atoms with van der Waals surface area (Å²) in [6, 6.07) is 9.28. The van der Waals surface area contributed by atoms with Gasteiger partial charge in [0.05, 0.1) is 7.11 Å². The van der Waals surface area contributed by atoms with E-state index in [1.54, 1.807) is 12.2 Å². The van der Waals surface area contributed by atoms with Crippen LogP contribution in [0.1, 0.15) is 18.9 Å². The number of ether oxygens (including phenoxy) is 4. The predicted octanol–water partition coefficient (Wildman–Crippen LogP) is 2.45. The van der Waals surface area contributed by atoms with Crippen LogP contribution in [0.3, 0.4) is 0 Å². The molecule has 0 amide bonds. The molecule has 0 N–H and O–H groups in total. The first-order valence-electron chi connectivity index (χ1n) is 7.55. The Hall–Kier alpha value is -2.60. The number of carbonyl (C=O) groups excluding carboxylic acids is 2. The van der Waals surface area contributed by atoms with E-state index in [0.29, 0.717) is 6.42 Å². The number of carbonyl (C=O) groups is 2. The highest BCUT2D eigenvalue weighted by molar-refractivity contribution is 5.91. The summed E-state index contributed by atoms with van der Waals surface area (Å²) in [4.78, 5) is 22.8. The minimum Gasteiger partial charge on any atom is -0.463 e. The Kier molecular flexibility index (Phi) is 6.57. The lowest BCUT2D eigenvalue weighted by Gasteiger charge is -2.26. The SMILES string of the molecule is COC(=O)C(=Cc1ccccc1)O[C@H]1CC=C[C@H](COC(C)=O)O1. The van der Waals surface area contributed by atoms with E-state index in [0.717, 1.165) is 5.56 Å². The molecule has 1 aliphatic heterocycles. The molecular formula is C18H20O6. The van der Waals surface area contributed by atoms with Crippen LogP contribution in [-0.4, -0.2) is 38.0 Å². The molecule has 6 heteroatoms. The van der Waals surface area contributed by atoms with Crippen molar-refractivity contribution in [1.82, 2.24) is 0 Å². The summed E-state index contributed by atoms with van der Waals surface area (Å²) in [7, 11) is 1.29. The highest BCUT2D eigenvalue weighted by atomic mass is 16.7. The van der Waals surface area contributed by atoms with E-state index in [1.807, 2.05) is 36.4 Å². The summed E-state index contributed by atoms with van der Waals surface area (Å²) in [5.41, 5.74) is 0.806. The van der Waals surface area contributed by atoms with E-state index >= 15 is 0 Å². The average Bonchev–Trinajstić information content (AvgIpc) is 2.60. The first-order chi connectivity index (χ1) is 11.6. The molecule has 0 bridgehead atoms. The van der Waals surface area contributed by atoms with Gasteiger partial charge in [-0.1, -0.05) is 42.5 Å². The molecule has 2 atom stereocenters. The largest absolute Gasteiger partial charge is 0.463 e. The number of hydrogen-bond donors (Lipinski definition) is 0. The predicted molar refractivity (Wildman–Crippen MR) is 86.6 cm³/mol. The Morgan fingerprint density at radius 2 is 2.04 bits per heavy atom. The van der Waals surface area contributed by atoms with E-state index in [2.05, 4.69) is 0 Å². The molecule has 0 saturated heterocycles. The highest BCUT2D eigenvalue weighted by Gasteiger charge is 2.24. The molecule has 2 rings (SSSR count). The van der Waals surface area contributed by atoms with Gasteiger partial charge in [-0.3, -0.25) is 4.79 Å². The van der Waals surface area contributed by atoms with Crippen molar-refractivity contribution in [2.75, 3.05) is 13.7 Å². The van der Waals surface area contributed by atoms with E-state index in [9.17, 15) is 9.59 Å². The van der Waals surface area contributed by atoms with Gasteiger partial charge in [0.1, 0.15) is 12.7 Å². The van der Waals surface area contributed by atoms with Crippen LogP contribution in [0.5, 0.6) is 0 Å². The number of methoxy groups -OCH3 is 1. The quantitative estimate of drug-likeness (QED) is 0.345. The van der Waals surface area contributed by atoms with Gasteiger partial charge in [-0.15, -0.1) is 0 Å². The first kappa shape index (κ1) is 17.7. The van der Waals surface area contributed by atoms with Gasteiger partial charge in [0, 0.05) is 13.3 Å². The number of benzene rings is 1. The van der Waals surface area contributed by atoms with Crippen LogP contribution < -0.4 is 0 Å². The van der Waals surface area contributed by atoms with Crippen molar-refractivity contribution in [2.45, 2.75) is 25.7 Å². The summed E-state index contributed by atoms with van der Waals surface area (Å²) in [5, 5.41) is 0. The maximum Gasteiger partial charge on any atom is 0.373 e. The lowest BCUT2D eigenvalue weighted by molar-refractivity contribution is -0.172. The Labute approximate surface area is 140 Å². The molecule has 6 nitrogen and oxygen atoms in total. The second-order valence-electron chi connectivity index (χ2n) is 5.10. The van der Waals surface area contributed by atoms with Crippen LogP contribution in [0.15, 0.2) is 48.2 Å². The molecule has 1 heterocycles. The monoisotopic (exact) mass is 332 g/mol. The van der Waals surface area contributed by atoms with E-state index in [4.69, 9.17) is 18.9 Å². The second kappa shape index (κ2) is 8.88. The Balaban J connectivity index is 2.04. The molecule has 0 aromatic heterocycles. The molecule has 1 aromatic carbocycles. The van der Waals surface area contributed by atoms with Crippen LogP contribution >= 0.6 is 0 Å². The smallest absolute Gasteiger partial charge is 0.373 e. The summed E-state index contributed by atoms with van der Waals surface area (Å²) in [6.45, 7) is 1.43. The molecule has 128 valence electrons. The topological polar surface area (TPSA) is 71.1 Å². The molecule has 1 aromatic rings. The first-order valence-corrected chi connectivity index (χ1v) is 7.55. The zero-order valence-corrected chi connectivity index (χ0v) is 13.6. The van der Waals surface area contributed by atoms with E-state index in [-0.39, 0.29) is 18.3 Å². The van der Waals surface area contributed by atoms with Gasteiger partial charge in [-0.05, 0) is 11.6 Å². The third-order valence-corrected chi connectivity index (χ3v) is 3.20. The molecule has 0 radical (unpaired) electrons. The van der Waals surface area contributed by atoms with Gasteiger partial charge in [-0.2, -0.15) is 0 Å². The molecule has 0 spiro atoms. The fraction of sp³-hybridized carbons (Fsp3) is 0.333. The number of hydrogen-bond acceptors (Lipinski definition) is 6. The Bertz CT molecular complexity index is 620. The van der Waals surface area contributed by atoms with Crippen LogP contribution in [0, 0.1) is 0 Å². The van der Waals surface area contributed by atoms with E-state index < -0.39 is 18.4 Å². The molecular weight excluding hydrogens is 312 g/mol. The van der Waals surface area contributed by atoms with Gasteiger partial charge in [0.25, 0.3) is 0 Å². The molecule has 0 fully saturated rings. The van der Waals surface area contributed by atoms with Crippen molar-refractivity contribution in [3.05, 3.63) is 53.8 Å². The maximum atomic E-state index is 11.9. The van der Waals surface area contributed by atoms with Crippen molar-refractivity contribution >= 4 is 18.0 Å². The minimum absolute atomic E-state index is 0.0511. The maximum absolute atomic E-state index is 11.9. The van der Waals surface area contributed by atoms with Crippen LogP contribution in [0.2, 0.25) is 0 Å². The summed E-state index contributed by atoms with van der Waals surface area (Å²) >= 11 is 0. The third-order valence-electron chi connectivity index (χ3n) is 3.20. The molecule has 24 heavy (non-hydrogen) atoms. The third kappa shape index (κ3) is 5.55. The fourth-order valence-electron chi connectivity index (χ4n) is 2.09. The summed E-state index contributed by atoms with van der Waals surface area (Å²) in [5.74, 6) is -0.918. The van der Waals surface area contributed by atoms with Gasteiger partial charge in [0.15, 0.2) is 0 Å². The van der Waals surface area contributed by atoms with Gasteiger partial charge >= 0.3 is 11.9 Å². The normalized spacial score (nSPS) is 20.3. The van der Waals surface area contributed by atoms with Crippen LogP contribution in [0.4, 0.5) is 0 Å². The van der Waals surface area contributed by atoms with Crippen molar-refractivity contribution in [1.29, 1.82) is 0 Å². The summed E-state index contributed by atoms with van der Waals surface area (Å²) in [6.07, 6.45) is 4.64. The molecule has 0 unspecified atom stereocenters. The second-order valence-corrected chi connectivity index (χ2v) is 5.10.